The van der Waals surface area contributed by atoms with Gasteiger partial charge in [-0.05, 0) is 45.4 Å². The number of morpholine rings is 1. The molecule has 1 aromatic heterocycles. The van der Waals surface area contributed by atoms with Gasteiger partial charge in [0.1, 0.15) is 0 Å². The van der Waals surface area contributed by atoms with E-state index in [1.807, 2.05) is 0 Å². The summed E-state index contributed by atoms with van der Waals surface area (Å²) >= 11 is 1.47. The van der Waals surface area contributed by atoms with Crippen molar-refractivity contribution in [1.82, 2.24) is 25.0 Å². The Balaban J connectivity index is 1.34. The minimum atomic E-state index is -0.0947. The molecule has 1 unspecified atom stereocenters. The standard InChI is InChI=1S/C23H40N6O3S/c1-18-6-8-27(9-7-18)21-25-26-22(29(21)15-19-5-4-12-32-19)33-16-20(30)24-17-23(2,3)28-10-13-31-14-11-28/h18-19H,4-17H2,1-3H3,(H,24,30). The Labute approximate surface area is 201 Å². The SMILES string of the molecule is CC1CCN(c2nnc(SCC(=O)NCC(C)(C)N3CCOCC3)n2CC2CCCO2)CC1. The molecule has 1 atom stereocenters. The minimum Gasteiger partial charge on any atom is -0.379 e. The molecular formula is C23H40N6O3S. The second-order valence-electron chi connectivity index (χ2n) is 10.2. The largest absolute Gasteiger partial charge is 0.379 e. The molecule has 0 saturated carbocycles. The van der Waals surface area contributed by atoms with Crippen LogP contribution in [0, 0.1) is 5.92 Å². The number of amides is 1. The predicted molar refractivity (Wildman–Crippen MR) is 130 cm³/mol. The monoisotopic (exact) mass is 480 g/mol. The number of hydrogen-bond acceptors (Lipinski definition) is 8. The van der Waals surface area contributed by atoms with Gasteiger partial charge in [0, 0.05) is 44.9 Å². The highest BCUT2D eigenvalue weighted by atomic mass is 32.2. The summed E-state index contributed by atoms with van der Waals surface area (Å²) in [7, 11) is 0. The van der Waals surface area contributed by atoms with Crippen LogP contribution >= 0.6 is 11.8 Å². The molecule has 9 nitrogen and oxygen atoms in total. The van der Waals surface area contributed by atoms with Gasteiger partial charge in [-0.25, -0.2) is 0 Å². The molecule has 0 radical (unpaired) electrons. The quantitative estimate of drug-likeness (QED) is 0.538. The van der Waals surface area contributed by atoms with Crippen LogP contribution in [0.4, 0.5) is 5.95 Å². The number of rotatable bonds is 9. The topological polar surface area (TPSA) is 84.8 Å². The summed E-state index contributed by atoms with van der Waals surface area (Å²) in [4.78, 5) is 17.4. The third-order valence-electron chi connectivity index (χ3n) is 7.09. The smallest absolute Gasteiger partial charge is 0.230 e. The van der Waals surface area contributed by atoms with Gasteiger partial charge in [0.15, 0.2) is 5.16 Å². The van der Waals surface area contributed by atoms with Gasteiger partial charge in [0.05, 0.1) is 31.6 Å². The van der Waals surface area contributed by atoms with Crippen molar-refractivity contribution < 1.29 is 14.3 Å². The number of ether oxygens (including phenoxy) is 2. The summed E-state index contributed by atoms with van der Waals surface area (Å²) in [5.41, 5.74) is -0.0947. The zero-order valence-corrected chi connectivity index (χ0v) is 21.2. The molecule has 0 spiro atoms. The van der Waals surface area contributed by atoms with Crippen molar-refractivity contribution in [3.63, 3.8) is 0 Å². The summed E-state index contributed by atoms with van der Waals surface area (Å²) in [6.45, 7) is 14.2. The van der Waals surface area contributed by atoms with Crippen molar-refractivity contribution in [2.75, 3.05) is 63.2 Å². The van der Waals surface area contributed by atoms with Crippen molar-refractivity contribution in [2.45, 2.75) is 69.8 Å². The third kappa shape index (κ3) is 6.61. The lowest BCUT2D eigenvalue weighted by molar-refractivity contribution is -0.119. The van der Waals surface area contributed by atoms with Crippen LogP contribution in [0.1, 0.15) is 46.5 Å². The molecule has 3 fully saturated rings. The molecule has 4 heterocycles. The van der Waals surface area contributed by atoms with Gasteiger partial charge in [-0.1, -0.05) is 18.7 Å². The lowest BCUT2D eigenvalue weighted by atomic mass is 10.00. The van der Waals surface area contributed by atoms with E-state index in [0.29, 0.717) is 12.3 Å². The molecular weight excluding hydrogens is 440 g/mol. The summed E-state index contributed by atoms with van der Waals surface area (Å²) in [6, 6.07) is 0. The number of anilines is 1. The molecule has 33 heavy (non-hydrogen) atoms. The number of carbonyl (C=O) groups excluding carboxylic acids is 1. The van der Waals surface area contributed by atoms with E-state index in [0.717, 1.165) is 82.4 Å². The van der Waals surface area contributed by atoms with Crippen LogP contribution in [-0.2, 0) is 20.8 Å². The highest BCUT2D eigenvalue weighted by Gasteiger charge is 2.29. The lowest BCUT2D eigenvalue weighted by Gasteiger charge is -2.40. The summed E-state index contributed by atoms with van der Waals surface area (Å²) in [5, 5.41) is 13.0. The summed E-state index contributed by atoms with van der Waals surface area (Å²) in [6.07, 6.45) is 4.72. The molecule has 1 aromatic rings. The highest BCUT2D eigenvalue weighted by Crippen LogP contribution is 2.28. The molecule has 1 amide bonds. The summed E-state index contributed by atoms with van der Waals surface area (Å²) in [5.74, 6) is 2.05. The molecule has 0 aliphatic carbocycles. The van der Waals surface area contributed by atoms with E-state index in [9.17, 15) is 4.79 Å². The maximum Gasteiger partial charge on any atom is 0.230 e. The Kier molecular flexibility index (Phi) is 8.53. The second kappa shape index (κ2) is 11.4. The van der Waals surface area contributed by atoms with E-state index in [2.05, 4.69) is 50.7 Å². The maximum absolute atomic E-state index is 12.7. The number of nitrogens with one attached hydrogen (secondary N) is 1. The average Bonchev–Trinajstić information content (AvgIpc) is 3.48. The van der Waals surface area contributed by atoms with Crippen molar-refractivity contribution in [1.29, 1.82) is 0 Å². The Hall–Kier alpha value is -1.36. The van der Waals surface area contributed by atoms with Crippen LogP contribution in [0.2, 0.25) is 0 Å². The van der Waals surface area contributed by atoms with Gasteiger partial charge in [0.2, 0.25) is 11.9 Å². The predicted octanol–water partition coefficient (Wildman–Crippen LogP) is 2.01. The molecule has 10 heteroatoms. The molecule has 0 aromatic carbocycles. The highest BCUT2D eigenvalue weighted by molar-refractivity contribution is 7.99. The molecule has 186 valence electrons. The fraction of sp³-hybridized carbons (Fsp3) is 0.870. The van der Waals surface area contributed by atoms with Crippen LogP contribution in [0.5, 0.6) is 0 Å². The fourth-order valence-corrected chi connectivity index (χ4v) is 5.53. The molecule has 0 bridgehead atoms. The van der Waals surface area contributed by atoms with Crippen LogP contribution in [-0.4, -0.2) is 95.5 Å². The van der Waals surface area contributed by atoms with E-state index >= 15 is 0 Å². The first-order valence-corrected chi connectivity index (χ1v) is 13.4. The van der Waals surface area contributed by atoms with Gasteiger partial charge in [-0.15, -0.1) is 10.2 Å². The number of piperidine rings is 1. The Bertz CT molecular complexity index is 768. The van der Waals surface area contributed by atoms with Gasteiger partial charge in [-0.3, -0.25) is 14.3 Å². The van der Waals surface area contributed by atoms with Crippen LogP contribution in [0.3, 0.4) is 0 Å². The maximum atomic E-state index is 12.7. The van der Waals surface area contributed by atoms with Crippen LogP contribution in [0.25, 0.3) is 0 Å². The van der Waals surface area contributed by atoms with Crippen LogP contribution < -0.4 is 10.2 Å². The van der Waals surface area contributed by atoms with E-state index in [1.54, 1.807) is 0 Å². The number of hydrogen-bond donors (Lipinski definition) is 1. The normalized spacial score (nSPS) is 23.2. The number of carbonyl (C=O) groups is 1. The lowest BCUT2D eigenvalue weighted by Crippen LogP contribution is -2.55. The average molecular weight is 481 g/mol. The van der Waals surface area contributed by atoms with E-state index in [-0.39, 0.29) is 17.6 Å². The van der Waals surface area contributed by atoms with Crippen LogP contribution in [0.15, 0.2) is 5.16 Å². The number of thioether (sulfide) groups is 1. The van der Waals surface area contributed by atoms with E-state index in [4.69, 9.17) is 9.47 Å². The number of aromatic nitrogens is 3. The zero-order valence-electron chi connectivity index (χ0n) is 20.4. The minimum absolute atomic E-state index is 0.0290. The fourth-order valence-electron chi connectivity index (χ4n) is 4.76. The van der Waals surface area contributed by atoms with Gasteiger partial charge in [-0.2, -0.15) is 0 Å². The van der Waals surface area contributed by atoms with Gasteiger partial charge < -0.3 is 19.7 Å². The van der Waals surface area contributed by atoms with Crippen molar-refractivity contribution in [2.24, 2.45) is 5.92 Å². The first-order valence-electron chi connectivity index (χ1n) is 12.4. The Morgan fingerprint density at radius 1 is 1.12 bits per heavy atom. The van der Waals surface area contributed by atoms with E-state index in [1.165, 1.54) is 24.6 Å². The third-order valence-corrected chi connectivity index (χ3v) is 8.06. The van der Waals surface area contributed by atoms with Gasteiger partial charge >= 0.3 is 0 Å². The summed E-state index contributed by atoms with van der Waals surface area (Å²) < 4.78 is 13.5. The van der Waals surface area contributed by atoms with Gasteiger partial charge in [0.25, 0.3) is 0 Å². The molecule has 3 saturated heterocycles. The Morgan fingerprint density at radius 2 is 1.88 bits per heavy atom. The zero-order chi connectivity index (χ0) is 23.3. The van der Waals surface area contributed by atoms with Crippen molar-refractivity contribution in [3.05, 3.63) is 0 Å². The first kappa shape index (κ1) is 24.8. The van der Waals surface area contributed by atoms with Crippen molar-refractivity contribution >= 4 is 23.6 Å². The molecule has 1 N–H and O–H groups in total. The van der Waals surface area contributed by atoms with E-state index < -0.39 is 0 Å². The Morgan fingerprint density at radius 3 is 2.58 bits per heavy atom. The van der Waals surface area contributed by atoms with Crippen molar-refractivity contribution in [3.8, 4) is 0 Å². The second-order valence-corrected chi connectivity index (χ2v) is 11.1. The molecule has 3 aliphatic rings. The first-order chi connectivity index (χ1) is 15.9. The number of nitrogens with zero attached hydrogens (tertiary/aromatic N) is 5. The molecule has 3 aliphatic heterocycles. The molecule has 4 rings (SSSR count).